The molecule has 0 aliphatic carbocycles. The molecule has 162 valence electrons. The highest BCUT2D eigenvalue weighted by molar-refractivity contribution is 5.87. The van der Waals surface area contributed by atoms with Crippen LogP contribution in [0, 0.1) is 18.8 Å². The first-order valence-electron chi connectivity index (χ1n) is 9.84. The third-order valence-electron chi connectivity index (χ3n) is 4.80. The first kappa shape index (κ1) is 22.5. The van der Waals surface area contributed by atoms with Gasteiger partial charge in [0.25, 0.3) is 0 Å². The van der Waals surface area contributed by atoms with Crippen LogP contribution < -0.4 is 10.6 Å². The van der Waals surface area contributed by atoms with Gasteiger partial charge in [0.1, 0.15) is 17.5 Å². The van der Waals surface area contributed by atoms with E-state index in [9.17, 15) is 4.79 Å². The molecule has 0 fully saturated rings. The van der Waals surface area contributed by atoms with Crippen molar-refractivity contribution < 1.29 is 23.6 Å². The number of nitrogens with one attached hydrogen (secondary N) is 2. The number of hydrogen-bond donors (Lipinski definition) is 2. The number of hydrogen-bond acceptors (Lipinski definition) is 7. The van der Waals surface area contributed by atoms with Crippen molar-refractivity contribution in [3.8, 4) is 11.8 Å². The third kappa shape index (κ3) is 5.70. The van der Waals surface area contributed by atoms with E-state index < -0.39 is 6.09 Å². The van der Waals surface area contributed by atoms with Gasteiger partial charge in [-0.1, -0.05) is 47.5 Å². The highest BCUT2D eigenvalue weighted by atomic mass is 16.6. The second-order valence-electron chi connectivity index (χ2n) is 6.98. The molecule has 0 bridgehead atoms. The van der Waals surface area contributed by atoms with Gasteiger partial charge in [-0.25, -0.2) is 4.79 Å². The Morgan fingerprint density at radius 1 is 1.12 bits per heavy atom. The second kappa shape index (κ2) is 10.7. The van der Waals surface area contributed by atoms with Crippen molar-refractivity contribution >= 4 is 17.9 Å². The summed E-state index contributed by atoms with van der Waals surface area (Å²) in [6, 6.07) is 15.7. The van der Waals surface area contributed by atoms with Gasteiger partial charge in [-0.05, 0) is 48.6 Å². The summed E-state index contributed by atoms with van der Waals surface area (Å²) in [6.45, 7) is 5.30. The largest absolute Gasteiger partial charge is 0.441 e. The predicted molar refractivity (Wildman–Crippen MR) is 114 cm³/mol. The Hall–Kier alpha value is -4.18. The van der Waals surface area contributed by atoms with Gasteiger partial charge in [-0.15, -0.1) is 0 Å². The highest BCUT2D eigenvalue weighted by Gasteiger charge is 2.17. The molecule has 2 aromatic carbocycles. The molecule has 1 aliphatic rings. The lowest BCUT2D eigenvalue weighted by molar-refractivity contribution is -0.191. The lowest BCUT2D eigenvalue weighted by Crippen LogP contribution is -2.16. The van der Waals surface area contributed by atoms with E-state index in [0.717, 1.165) is 24.2 Å². The minimum Gasteiger partial charge on any atom is -0.441 e. The number of carbonyl (C=O) groups is 1. The van der Waals surface area contributed by atoms with Crippen molar-refractivity contribution in [3.63, 3.8) is 0 Å². The van der Waals surface area contributed by atoms with Crippen LogP contribution in [0.5, 0.6) is 0 Å². The normalized spacial score (nSPS) is 12.2. The average Bonchev–Trinajstić information content (AvgIpc) is 3.40. The summed E-state index contributed by atoms with van der Waals surface area (Å²) >= 11 is 0. The maximum Gasteiger partial charge on any atom is 0.412 e. The van der Waals surface area contributed by atoms with Crippen LogP contribution in [0.2, 0.25) is 0 Å². The lowest BCUT2D eigenvalue weighted by atomic mass is 10.1. The summed E-state index contributed by atoms with van der Waals surface area (Å²) in [5, 5.41) is 9.94. The Morgan fingerprint density at radius 3 is 2.59 bits per heavy atom. The SMILES string of the molecule is Cc1noc(C#Cc2ccc3c(c2)CNC3)c1NC(=O)OC(C)c1ccccc1.O=C=O. The number of anilines is 1. The van der Waals surface area contributed by atoms with Crippen molar-refractivity contribution in [1.29, 1.82) is 0 Å². The number of amides is 1. The first-order valence-corrected chi connectivity index (χ1v) is 9.84. The summed E-state index contributed by atoms with van der Waals surface area (Å²) in [7, 11) is 0. The minimum absolute atomic E-state index is 0.250. The van der Waals surface area contributed by atoms with E-state index in [2.05, 4.69) is 39.8 Å². The number of benzene rings is 2. The molecular weight excluding hydrogens is 410 g/mol. The summed E-state index contributed by atoms with van der Waals surface area (Å²) in [4.78, 5) is 28.6. The molecule has 3 aromatic rings. The first-order chi connectivity index (χ1) is 15.5. The quantitative estimate of drug-likeness (QED) is 0.608. The molecule has 1 aromatic heterocycles. The van der Waals surface area contributed by atoms with E-state index in [1.165, 1.54) is 11.1 Å². The summed E-state index contributed by atoms with van der Waals surface area (Å²) in [5.74, 6) is 6.34. The molecule has 8 nitrogen and oxygen atoms in total. The van der Waals surface area contributed by atoms with Gasteiger partial charge in [0.2, 0.25) is 5.76 Å². The van der Waals surface area contributed by atoms with E-state index in [1.54, 1.807) is 6.92 Å². The van der Waals surface area contributed by atoms with E-state index in [4.69, 9.17) is 18.8 Å². The Labute approximate surface area is 184 Å². The molecule has 0 radical (unpaired) electrons. The topological polar surface area (TPSA) is 111 Å². The number of aryl methyl sites for hydroxylation is 1. The van der Waals surface area contributed by atoms with Crippen molar-refractivity contribution in [3.05, 3.63) is 82.2 Å². The number of fused-ring (bicyclic) bond motifs is 1. The molecule has 0 spiro atoms. The van der Waals surface area contributed by atoms with Crippen LogP contribution in [0.3, 0.4) is 0 Å². The fourth-order valence-corrected chi connectivity index (χ4v) is 3.19. The van der Waals surface area contributed by atoms with Gasteiger partial charge in [-0.3, -0.25) is 5.32 Å². The van der Waals surface area contributed by atoms with Crippen molar-refractivity contribution in [2.45, 2.75) is 33.0 Å². The smallest absolute Gasteiger partial charge is 0.412 e. The maximum absolute atomic E-state index is 12.3. The standard InChI is InChI=1S/C23H21N3O3.CO2/c1-15-22(25-23(27)28-16(2)18-6-4-3-5-7-18)21(29-26-15)11-9-17-8-10-19-13-24-14-20(19)12-17;2-1-3/h3-8,10,12,16,24H,13-14H2,1-2H3,(H,25,27);. The van der Waals surface area contributed by atoms with Gasteiger partial charge < -0.3 is 14.6 Å². The van der Waals surface area contributed by atoms with Gasteiger partial charge in [0.15, 0.2) is 0 Å². The molecule has 1 atom stereocenters. The predicted octanol–water partition coefficient (Wildman–Crippen LogP) is 3.71. The molecule has 0 saturated heterocycles. The molecular formula is C24H21N3O5. The zero-order chi connectivity index (χ0) is 22.9. The second-order valence-corrected chi connectivity index (χ2v) is 6.98. The van der Waals surface area contributed by atoms with Crippen LogP contribution in [0.15, 0.2) is 53.1 Å². The number of rotatable bonds is 3. The Morgan fingerprint density at radius 2 is 1.84 bits per heavy atom. The van der Waals surface area contributed by atoms with Gasteiger partial charge in [0, 0.05) is 18.7 Å². The average molecular weight is 431 g/mol. The van der Waals surface area contributed by atoms with Crippen LogP contribution >= 0.6 is 0 Å². The number of ether oxygens (including phenoxy) is 1. The van der Waals surface area contributed by atoms with E-state index >= 15 is 0 Å². The summed E-state index contributed by atoms with van der Waals surface area (Å²) < 4.78 is 10.8. The molecule has 4 rings (SSSR count). The van der Waals surface area contributed by atoms with Crippen LogP contribution in [0.1, 0.15) is 46.7 Å². The highest BCUT2D eigenvalue weighted by Crippen LogP contribution is 2.22. The zero-order valence-electron chi connectivity index (χ0n) is 17.6. The molecule has 0 saturated carbocycles. The molecule has 32 heavy (non-hydrogen) atoms. The number of carbonyl (C=O) groups excluding carboxylic acids is 3. The Kier molecular flexibility index (Phi) is 7.55. The Balaban J connectivity index is 0.000000913. The summed E-state index contributed by atoms with van der Waals surface area (Å²) in [5.41, 5.74) is 5.30. The lowest BCUT2D eigenvalue weighted by Gasteiger charge is -2.13. The molecule has 1 amide bonds. The number of nitrogens with zero attached hydrogens (tertiary/aromatic N) is 1. The minimum atomic E-state index is -0.584. The van der Waals surface area contributed by atoms with Crippen molar-refractivity contribution in [1.82, 2.24) is 10.5 Å². The van der Waals surface area contributed by atoms with Crippen LogP contribution in [0.4, 0.5) is 10.5 Å². The fraction of sp³-hybridized carbons (Fsp3) is 0.208. The molecule has 1 unspecified atom stereocenters. The van der Waals surface area contributed by atoms with Crippen LogP contribution in [-0.2, 0) is 27.4 Å². The van der Waals surface area contributed by atoms with Crippen LogP contribution in [-0.4, -0.2) is 17.4 Å². The van der Waals surface area contributed by atoms with Gasteiger partial charge in [-0.2, -0.15) is 9.59 Å². The van der Waals surface area contributed by atoms with Gasteiger partial charge in [0.05, 0.1) is 0 Å². The summed E-state index contributed by atoms with van der Waals surface area (Å²) in [6.07, 6.45) is -0.717. The fourth-order valence-electron chi connectivity index (χ4n) is 3.19. The van der Waals surface area contributed by atoms with E-state index in [0.29, 0.717) is 17.1 Å². The Bertz CT molecular complexity index is 1190. The van der Waals surface area contributed by atoms with Crippen LogP contribution in [0.25, 0.3) is 0 Å². The van der Waals surface area contributed by atoms with Gasteiger partial charge >= 0.3 is 12.2 Å². The molecule has 1 aliphatic heterocycles. The molecule has 2 N–H and O–H groups in total. The van der Waals surface area contributed by atoms with Crippen molar-refractivity contribution in [2.24, 2.45) is 0 Å². The van der Waals surface area contributed by atoms with Crippen molar-refractivity contribution in [2.75, 3.05) is 5.32 Å². The third-order valence-corrected chi connectivity index (χ3v) is 4.80. The number of aromatic nitrogens is 1. The molecule has 8 heteroatoms. The maximum atomic E-state index is 12.3. The van der Waals surface area contributed by atoms with E-state index in [1.807, 2.05) is 43.3 Å². The molecule has 2 heterocycles. The zero-order valence-corrected chi connectivity index (χ0v) is 17.6. The van der Waals surface area contributed by atoms with E-state index in [-0.39, 0.29) is 12.3 Å². The monoisotopic (exact) mass is 431 g/mol.